The first-order chi connectivity index (χ1) is 6.20. The van der Waals surface area contributed by atoms with E-state index in [9.17, 15) is 0 Å². The van der Waals surface area contributed by atoms with Gasteiger partial charge in [-0.3, -0.25) is 0 Å². The molecule has 0 fully saturated rings. The number of hydrogen-bond acceptors (Lipinski definition) is 1. The molecule has 1 nitrogen and oxygen atoms in total. The van der Waals surface area contributed by atoms with Crippen LogP contribution >= 0.6 is 0 Å². The topological polar surface area (TPSA) is 3.24 Å². The zero-order chi connectivity index (χ0) is 9.42. The molecule has 1 heterocycles. The Balaban J connectivity index is 2.40. The molecule has 0 saturated heterocycles. The van der Waals surface area contributed by atoms with Gasteiger partial charge >= 0.3 is 0 Å². The average molecular weight is 175 g/mol. The predicted molar refractivity (Wildman–Crippen MR) is 57.2 cm³/mol. The zero-order valence-corrected chi connectivity index (χ0v) is 8.62. The van der Waals surface area contributed by atoms with E-state index in [0.717, 1.165) is 0 Å². The Hall–Kier alpha value is -0.980. The Morgan fingerprint density at radius 1 is 1.31 bits per heavy atom. The van der Waals surface area contributed by atoms with Gasteiger partial charge in [-0.05, 0) is 38.8 Å². The normalized spacial score (nSPS) is 20.9. The number of hydrogen-bond donors (Lipinski definition) is 0. The molecule has 1 aromatic carbocycles. The molecule has 0 saturated carbocycles. The summed E-state index contributed by atoms with van der Waals surface area (Å²) in [6.07, 6.45) is 1.20. The molecule has 1 aliphatic rings. The van der Waals surface area contributed by atoms with Crippen molar-refractivity contribution < 1.29 is 0 Å². The van der Waals surface area contributed by atoms with Gasteiger partial charge in [0, 0.05) is 17.8 Å². The first-order valence-corrected chi connectivity index (χ1v) is 5.06. The molecule has 1 aromatic rings. The molecular weight excluding hydrogens is 158 g/mol. The van der Waals surface area contributed by atoms with E-state index in [4.69, 9.17) is 0 Å². The molecule has 2 rings (SSSR count). The zero-order valence-electron chi connectivity index (χ0n) is 8.62. The summed E-state index contributed by atoms with van der Waals surface area (Å²) >= 11 is 0. The third-order valence-electron chi connectivity index (χ3n) is 2.82. The van der Waals surface area contributed by atoms with Crippen LogP contribution < -0.4 is 4.90 Å². The lowest BCUT2D eigenvalue weighted by Crippen LogP contribution is -2.35. The van der Waals surface area contributed by atoms with E-state index < -0.39 is 0 Å². The second-order valence-corrected chi connectivity index (χ2v) is 4.18. The molecule has 0 unspecified atom stereocenters. The van der Waals surface area contributed by atoms with Gasteiger partial charge in [0.2, 0.25) is 0 Å². The van der Waals surface area contributed by atoms with Crippen LogP contribution in [0.4, 0.5) is 5.69 Å². The molecule has 0 spiro atoms. The van der Waals surface area contributed by atoms with Crippen LogP contribution in [0.5, 0.6) is 0 Å². The second kappa shape index (κ2) is 3.06. The number of anilines is 1. The fourth-order valence-electron chi connectivity index (χ4n) is 2.38. The fourth-order valence-corrected chi connectivity index (χ4v) is 2.38. The van der Waals surface area contributed by atoms with Gasteiger partial charge in [0.15, 0.2) is 0 Å². The van der Waals surface area contributed by atoms with Gasteiger partial charge in [0.05, 0.1) is 0 Å². The quantitative estimate of drug-likeness (QED) is 0.634. The largest absolute Gasteiger partial charge is 0.366 e. The summed E-state index contributed by atoms with van der Waals surface area (Å²) in [6, 6.07) is 10.0. The van der Waals surface area contributed by atoms with E-state index >= 15 is 0 Å². The molecule has 0 aliphatic carbocycles. The smallest absolute Gasteiger partial charge is 0.0404 e. The lowest BCUT2D eigenvalue weighted by molar-refractivity contribution is 0.606. The second-order valence-electron chi connectivity index (χ2n) is 4.18. The van der Waals surface area contributed by atoms with Gasteiger partial charge in [-0.2, -0.15) is 0 Å². The van der Waals surface area contributed by atoms with Crippen LogP contribution in [0.2, 0.25) is 0 Å². The number of rotatable bonds is 1. The minimum absolute atomic E-state index is 0.610. The minimum Gasteiger partial charge on any atom is -0.366 e. The summed E-state index contributed by atoms with van der Waals surface area (Å²) in [5.41, 5.74) is 2.94. The van der Waals surface area contributed by atoms with Crippen molar-refractivity contribution in [2.24, 2.45) is 0 Å². The summed E-state index contributed by atoms with van der Waals surface area (Å²) in [5.74, 6) is 0. The summed E-state index contributed by atoms with van der Waals surface area (Å²) in [5, 5.41) is 0. The molecule has 1 aliphatic heterocycles. The van der Waals surface area contributed by atoms with E-state index in [1.807, 2.05) is 0 Å². The molecule has 1 atom stereocenters. The Kier molecular flexibility index (Phi) is 2.03. The van der Waals surface area contributed by atoms with Gasteiger partial charge in [-0.15, -0.1) is 0 Å². The van der Waals surface area contributed by atoms with E-state index in [1.165, 1.54) is 17.7 Å². The van der Waals surface area contributed by atoms with E-state index in [2.05, 4.69) is 49.9 Å². The maximum atomic E-state index is 2.51. The Bertz CT molecular complexity index is 304. The van der Waals surface area contributed by atoms with Crippen LogP contribution in [0.25, 0.3) is 0 Å². The Morgan fingerprint density at radius 2 is 2.00 bits per heavy atom. The first kappa shape index (κ1) is 8.61. The highest BCUT2D eigenvalue weighted by molar-refractivity contribution is 5.59. The standard InChI is InChI=1S/C12H17N/c1-9(2)13-10(3)8-11-6-4-5-7-12(11)13/h4-7,9-10H,8H2,1-3H3/t10-/m0/s1. The molecule has 70 valence electrons. The van der Waals surface area contributed by atoms with Crippen LogP contribution in [0.1, 0.15) is 26.3 Å². The lowest BCUT2D eigenvalue weighted by atomic mass is 10.1. The van der Waals surface area contributed by atoms with Gasteiger partial charge in [-0.25, -0.2) is 0 Å². The minimum atomic E-state index is 0.610. The van der Waals surface area contributed by atoms with Gasteiger partial charge < -0.3 is 4.90 Å². The Morgan fingerprint density at radius 3 is 2.69 bits per heavy atom. The summed E-state index contributed by atoms with van der Waals surface area (Å²) in [7, 11) is 0. The van der Waals surface area contributed by atoms with E-state index in [0.29, 0.717) is 12.1 Å². The molecule has 0 radical (unpaired) electrons. The highest BCUT2D eigenvalue weighted by atomic mass is 15.2. The van der Waals surface area contributed by atoms with E-state index in [1.54, 1.807) is 0 Å². The number of para-hydroxylation sites is 1. The molecule has 0 bridgehead atoms. The van der Waals surface area contributed by atoms with Crippen molar-refractivity contribution >= 4 is 5.69 Å². The maximum Gasteiger partial charge on any atom is 0.0404 e. The highest BCUT2D eigenvalue weighted by Gasteiger charge is 2.26. The SMILES string of the molecule is CC(C)N1c2ccccc2C[C@@H]1C. The molecular formula is C12H17N. The van der Waals surface area contributed by atoms with Crippen molar-refractivity contribution in [3.63, 3.8) is 0 Å². The van der Waals surface area contributed by atoms with Gasteiger partial charge in [-0.1, -0.05) is 18.2 Å². The predicted octanol–water partition coefficient (Wildman–Crippen LogP) is 2.85. The van der Waals surface area contributed by atoms with Crippen molar-refractivity contribution in [2.45, 2.75) is 39.3 Å². The van der Waals surface area contributed by atoms with Crippen LogP contribution in [0.3, 0.4) is 0 Å². The summed E-state index contributed by atoms with van der Waals surface area (Å²) < 4.78 is 0. The summed E-state index contributed by atoms with van der Waals surface area (Å²) in [6.45, 7) is 6.83. The molecule has 13 heavy (non-hydrogen) atoms. The first-order valence-electron chi connectivity index (χ1n) is 5.06. The number of nitrogens with zero attached hydrogens (tertiary/aromatic N) is 1. The van der Waals surface area contributed by atoms with Crippen LogP contribution in [0.15, 0.2) is 24.3 Å². The summed E-state index contributed by atoms with van der Waals surface area (Å²) in [4.78, 5) is 2.51. The number of benzene rings is 1. The van der Waals surface area contributed by atoms with Crippen molar-refractivity contribution in [3.05, 3.63) is 29.8 Å². The van der Waals surface area contributed by atoms with Crippen LogP contribution in [0, 0.1) is 0 Å². The van der Waals surface area contributed by atoms with Crippen LogP contribution in [-0.2, 0) is 6.42 Å². The highest BCUT2D eigenvalue weighted by Crippen LogP contribution is 2.33. The molecule has 0 N–H and O–H groups in total. The lowest BCUT2D eigenvalue weighted by Gasteiger charge is -2.29. The third kappa shape index (κ3) is 1.32. The maximum absolute atomic E-state index is 2.51. The fraction of sp³-hybridized carbons (Fsp3) is 0.500. The molecule has 0 aromatic heterocycles. The van der Waals surface area contributed by atoms with Crippen molar-refractivity contribution in [3.8, 4) is 0 Å². The van der Waals surface area contributed by atoms with E-state index in [-0.39, 0.29) is 0 Å². The van der Waals surface area contributed by atoms with Gasteiger partial charge in [0.25, 0.3) is 0 Å². The molecule has 1 heteroatoms. The van der Waals surface area contributed by atoms with Crippen molar-refractivity contribution in [1.29, 1.82) is 0 Å². The molecule has 0 amide bonds. The van der Waals surface area contributed by atoms with Crippen molar-refractivity contribution in [1.82, 2.24) is 0 Å². The van der Waals surface area contributed by atoms with Crippen molar-refractivity contribution in [2.75, 3.05) is 4.90 Å². The monoisotopic (exact) mass is 175 g/mol. The Labute approximate surface area is 80.4 Å². The van der Waals surface area contributed by atoms with Gasteiger partial charge in [0.1, 0.15) is 0 Å². The third-order valence-corrected chi connectivity index (χ3v) is 2.82. The average Bonchev–Trinajstić information content (AvgIpc) is 2.39. The number of fused-ring (bicyclic) bond motifs is 1. The van der Waals surface area contributed by atoms with Crippen LogP contribution in [-0.4, -0.2) is 12.1 Å².